The number of hydrogen-bond acceptors (Lipinski definition) is 16. The van der Waals surface area contributed by atoms with Gasteiger partial charge in [-0.3, -0.25) is 52.3 Å². The van der Waals surface area contributed by atoms with Crippen LogP contribution in [0.1, 0.15) is 91.1 Å². The molecular formula is C50H49ClN4O14S2. The molecule has 2 saturated heterocycles. The van der Waals surface area contributed by atoms with Crippen LogP contribution < -0.4 is 9.80 Å². The van der Waals surface area contributed by atoms with Gasteiger partial charge in [-0.2, -0.15) is 8.42 Å². The highest BCUT2D eigenvalue weighted by molar-refractivity contribution is 8.13. The van der Waals surface area contributed by atoms with Crippen molar-refractivity contribution >= 4 is 88.0 Å². The predicted octanol–water partition coefficient (Wildman–Crippen LogP) is 4.45. The Bertz CT molecular complexity index is 3100. The Hall–Kier alpha value is -6.45. The van der Waals surface area contributed by atoms with Crippen molar-refractivity contribution in [2.75, 3.05) is 49.2 Å². The summed E-state index contributed by atoms with van der Waals surface area (Å²) in [5, 5.41) is 9.12. The maximum Gasteiger partial charge on any atom is 0.296 e. The van der Waals surface area contributed by atoms with Gasteiger partial charge < -0.3 is 14.9 Å². The molecule has 2 unspecified atom stereocenters. The number of amides is 4. The van der Waals surface area contributed by atoms with Crippen LogP contribution in [0.2, 0.25) is 0 Å². The first-order valence-corrected chi connectivity index (χ1v) is 26.6. The number of carbonyl (C=O) groups excluding carboxylic acids is 8. The summed E-state index contributed by atoms with van der Waals surface area (Å²) in [5.74, 6) is -2.81. The zero-order valence-corrected chi connectivity index (χ0v) is 41.0. The van der Waals surface area contributed by atoms with Crippen molar-refractivity contribution < 1.29 is 64.5 Å². The van der Waals surface area contributed by atoms with Crippen LogP contribution in [0, 0.1) is 25.7 Å². The normalized spacial score (nSPS) is 20.5. The van der Waals surface area contributed by atoms with E-state index in [1.54, 1.807) is 60.7 Å². The van der Waals surface area contributed by atoms with Crippen LogP contribution in [-0.2, 0) is 42.5 Å². The molecule has 4 amide bonds. The molecule has 0 radical (unpaired) electrons. The standard InChI is InChI=1S/C25H24N2O7S.C18H18N2O5.C7H7ClO2S/c1-15-2-6-19(7-3-15)35(32,33)34-14-16-12-26(13-16)17-4-8-20-21(10-17)25(31)27(24(20)30)22-9-5-18(28)11-23(22)29;21-9-10-7-19(8-10)11-1-3-13-14(5-11)18(25)20(17(13)24)15-4-2-12(22)6-16(15)23;1-6-2-4-7(5-3-6)11(8,9)10/h2-4,6-8,10,16,22H,5,9,11-14H2,1H3;1,3,5,10,15,21H,2,4,6-9H2;2-5H,1H3. The Balaban J connectivity index is 0.000000163. The van der Waals surface area contributed by atoms with E-state index in [2.05, 4.69) is 0 Å². The van der Waals surface area contributed by atoms with Gasteiger partial charge in [0.25, 0.3) is 42.8 Å². The molecule has 4 fully saturated rings. The number of benzene rings is 4. The Morgan fingerprint density at radius 1 is 0.549 bits per heavy atom. The van der Waals surface area contributed by atoms with E-state index in [-0.39, 0.29) is 102 Å². The van der Waals surface area contributed by atoms with Gasteiger partial charge >= 0.3 is 0 Å². The van der Waals surface area contributed by atoms with Gasteiger partial charge in [0.05, 0.1) is 63.6 Å². The van der Waals surface area contributed by atoms with Crippen LogP contribution in [0.15, 0.2) is 94.7 Å². The monoisotopic (exact) mass is 1030 g/mol. The number of rotatable bonds is 10. The van der Waals surface area contributed by atoms with Crippen LogP contribution in [-0.4, -0.2) is 130 Å². The largest absolute Gasteiger partial charge is 0.396 e. The predicted molar refractivity (Wildman–Crippen MR) is 256 cm³/mol. The fourth-order valence-electron chi connectivity index (χ4n) is 9.16. The van der Waals surface area contributed by atoms with E-state index < -0.39 is 60.7 Å². The van der Waals surface area contributed by atoms with E-state index in [0.29, 0.717) is 37.3 Å². The Morgan fingerprint density at radius 3 is 1.34 bits per heavy atom. The van der Waals surface area contributed by atoms with Gasteiger partial charge in [0, 0.05) is 79.5 Å². The molecule has 2 aliphatic carbocycles. The van der Waals surface area contributed by atoms with E-state index in [0.717, 1.165) is 32.3 Å². The number of imide groups is 2. The highest BCUT2D eigenvalue weighted by Crippen LogP contribution is 2.36. The van der Waals surface area contributed by atoms with Crippen molar-refractivity contribution in [3.8, 4) is 0 Å². The van der Waals surface area contributed by atoms with E-state index in [1.165, 1.54) is 24.3 Å². The van der Waals surface area contributed by atoms with Crippen molar-refractivity contribution in [1.29, 1.82) is 0 Å². The number of hydrogen-bond donors (Lipinski definition) is 1. The Labute approximate surface area is 414 Å². The summed E-state index contributed by atoms with van der Waals surface area (Å²) in [5.41, 5.74) is 4.61. The lowest BCUT2D eigenvalue weighted by Crippen LogP contribution is -2.49. The van der Waals surface area contributed by atoms with Gasteiger partial charge in [0.1, 0.15) is 11.6 Å². The summed E-state index contributed by atoms with van der Waals surface area (Å²) in [7, 11) is -2.30. The molecule has 2 saturated carbocycles. The number of halogens is 1. The summed E-state index contributed by atoms with van der Waals surface area (Å²) in [6.45, 7) is 6.44. The van der Waals surface area contributed by atoms with Crippen molar-refractivity contribution in [2.45, 2.75) is 74.2 Å². The molecule has 4 aromatic rings. The molecule has 10 rings (SSSR count). The third kappa shape index (κ3) is 10.8. The number of ketones is 4. The second kappa shape index (κ2) is 20.3. The van der Waals surface area contributed by atoms with E-state index in [4.69, 9.17) is 20.0 Å². The molecule has 2 atom stereocenters. The number of aliphatic hydroxyl groups excluding tert-OH is 1. The summed E-state index contributed by atoms with van der Waals surface area (Å²) >= 11 is 0. The van der Waals surface area contributed by atoms with Crippen molar-refractivity contribution in [3.63, 3.8) is 0 Å². The SMILES string of the molecule is Cc1ccc(S(=O)(=O)Cl)cc1.Cc1ccc(S(=O)(=O)OCC2CN(c3ccc4c(c3)C(=O)N(C3CCC(=O)CC3=O)C4=O)C2)cc1.O=C1CCC(N2C(=O)c3ccc(N4CC(CO)C4)cc3C2=O)C(=O)C1. The first-order chi connectivity index (χ1) is 33.6. The number of Topliss-reactive ketones (excluding diaryl/α,β-unsaturated/α-hetero) is 4. The van der Waals surface area contributed by atoms with Crippen molar-refractivity contribution in [2.24, 2.45) is 11.8 Å². The van der Waals surface area contributed by atoms with Gasteiger partial charge in [0.2, 0.25) is 0 Å². The average Bonchev–Trinajstić information content (AvgIpc) is 3.68. The minimum absolute atomic E-state index is 0.00490. The highest BCUT2D eigenvalue weighted by atomic mass is 35.7. The van der Waals surface area contributed by atoms with Gasteiger partial charge in [-0.25, -0.2) is 8.42 Å². The lowest BCUT2D eigenvalue weighted by atomic mass is 9.92. The van der Waals surface area contributed by atoms with Crippen molar-refractivity contribution in [3.05, 3.63) is 118 Å². The van der Waals surface area contributed by atoms with Crippen LogP contribution in [0.25, 0.3) is 0 Å². The molecule has 4 heterocycles. The maximum absolute atomic E-state index is 13.0. The van der Waals surface area contributed by atoms with Gasteiger partial charge in [-0.15, -0.1) is 0 Å². The maximum atomic E-state index is 13.0. The summed E-state index contributed by atoms with van der Waals surface area (Å²) in [6.07, 6.45) is 0.298. The molecular weight excluding hydrogens is 980 g/mol. The molecule has 4 aromatic carbocycles. The lowest BCUT2D eigenvalue weighted by Gasteiger charge is -2.40. The van der Waals surface area contributed by atoms with E-state index >= 15 is 0 Å². The fourth-order valence-corrected chi connectivity index (χ4v) is 10.9. The summed E-state index contributed by atoms with van der Waals surface area (Å²) in [4.78, 5) is 105. The first-order valence-electron chi connectivity index (χ1n) is 22.8. The van der Waals surface area contributed by atoms with Crippen LogP contribution in [0.5, 0.6) is 0 Å². The van der Waals surface area contributed by atoms with Crippen LogP contribution in [0.3, 0.4) is 0 Å². The number of nitrogens with zero attached hydrogens (tertiary/aromatic N) is 4. The van der Waals surface area contributed by atoms with Crippen LogP contribution >= 0.6 is 10.7 Å². The third-order valence-corrected chi connectivity index (χ3v) is 15.9. The van der Waals surface area contributed by atoms with Crippen molar-refractivity contribution in [1.82, 2.24) is 9.80 Å². The van der Waals surface area contributed by atoms with Gasteiger partial charge in [-0.05, 0) is 87.4 Å². The number of fused-ring (bicyclic) bond motifs is 2. The number of aliphatic hydroxyl groups is 1. The Kier molecular flexibility index (Phi) is 14.6. The third-order valence-electron chi connectivity index (χ3n) is 13.3. The lowest BCUT2D eigenvalue weighted by molar-refractivity contribution is -0.134. The van der Waals surface area contributed by atoms with Gasteiger partial charge in [0.15, 0.2) is 11.6 Å². The molecule has 21 heteroatoms. The highest BCUT2D eigenvalue weighted by Gasteiger charge is 2.46. The Morgan fingerprint density at radius 2 is 0.944 bits per heavy atom. The number of aryl methyl sites for hydroxylation is 2. The molecule has 4 aliphatic heterocycles. The minimum Gasteiger partial charge on any atom is -0.396 e. The minimum atomic E-state index is -3.83. The molecule has 1 N–H and O–H groups in total. The number of anilines is 2. The van der Waals surface area contributed by atoms with E-state index in [1.807, 2.05) is 23.6 Å². The van der Waals surface area contributed by atoms with E-state index in [9.17, 15) is 55.2 Å². The molecule has 372 valence electrons. The zero-order chi connectivity index (χ0) is 51.1. The van der Waals surface area contributed by atoms with Crippen LogP contribution in [0.4, 0.5) is 11.4 Å². The molecule has 71 heavy (non-hydrogen) atoms. The molecule has 0 bridgehead atoms. The fraction of sp³-hybridized carbons (Fsp3) is 0.360. The average molecular weight is 1030 g/mol. The zero-order valence-electron chi connectivity index (χ0n) is 38.6. The summed E-state index contributed by atoms with van der Waals surface area (Å²) in [6, 6.07) is 21.1. The number of carbonyl (C=O) groups is 8. The topological polar surface area (TPSA) is 247 Å². The second-order valence-electron chi connectivity index (χ2n) is 18.4. The molecule has 0 aromatic heterocycles. The smallest absolute Gasteiger partial charge is 0.296 e. The van der Waals surface area contributed by atoms with Gasteiger partial charge in [-0.1, -0.05) is 35.4 Å². The first kappa shape index (κ1) is 50.9. The summed E-state index contributed by atoms with van der Waals surface area (Å²) < 4.78 is 51.4. The quantitative estimate of drug-likeness (QED) is 0.0998. The molecule has 0 spiro atoms. The molecule has 18 nitrogen and oxygen atoms in total. The second-order valence-corrected chi connectivity index (χ2v) is 22.6. The molecule has 6 aliphatic rings.